The third-order valence-electron chi connectivity index (χ3n) is 6.82. The predicted octanol–water partition coefficient (Wildman–Crippen LogP) is 6.14. The molecular weight excluding hydrogens is 590 g/mol. The normalized spacial score (nSPS) is 14.8. The number of carbonyl (C=O) groups is 2. The molecule has 1 aliphatic heterocycles. The smallest absolute Gasteiger partial charge is 0.240 e. The lowest BCUT2D eigenvalue weighted by Gasteiger charge is -2.23. The molecule has 0 unspecified atom stereocenters. The van der Waals surface area contributed by atoms with Crippen molar-refractivity contribution < 1.29 is 14.3 Å². The molecule has 6 rings (SSSR count). The number of methoxy groups -OCH3 is 1. The second-order valence-electron chi connectivity index (χ2n) is 9.49. The topological polar surface area (TPSA) is 89.3 Å². The molecule has 1 aliphatic rings. The Morgan fingerprint density at radius 2 is 1.88 bits per heavy atom. The first-order valence-electron chi connectivity index (χ1n) is 13.2. The third kappa shape index (κ3) is 5.78. The fraction of sp³-hybridized carbons (Fsp3) is 0.161. The number of aromatic nitrogens is 3. The number of anilines is 1. The highest BCUT2D eigenvalue weighted by Crippen LogP contribution is 2.49. The van der Waals surface area contributed by atoms with E-state index < -0.39 is 0 Å². The van der Waals surface area contributed by atoms with Gasteiger partial charge in [0.2, 0.25) is 11.8 Å². The summed E-state index contributed by atoms with van der Waals surface area (Å²) in [6, 6.07) is 24.6. The minimum absolute atomic E-state index is 0.168. The summed E-state index contributed by atoms with van der Waals surface area (Å²) < 4.78 is 7.14. The van der Waals surface area contributed by atoms with Gasteiger partial charge >= 0.3 is 0 Å². The number of fused-ring (bicyclic) bond motifs is 1. The molecule has 1 N–H and O–H groups in total. The molecule has 0 saturated heterocycles. The van der Waals surface area contributed by atoms with Crippen LogP contribution in [0.4, 0.5) is 5.82 Å². The SMILES string of the molecule is COc1ccc(-n2nc(-c3ccc(Cl)cc3)c3c2N(CC(=O)NCc2ccccn2)C(=O)CS[C@H]3c2cccs2)cc1. The van der Waals surface area contributed by atoms with Crippen LogP contribution >= 0.6 is 34.7 Å². The number of pyridine rings is 1. The standard InChI is InChI=1S/C31H26ClN5O3S2/c1-40-24-13-11-23(12-14-24)37-31-28(29(35-37)20-7-9-21(32)10-8-20)30(25-6-4-16-41-25)42-19-27(39)36(31)18-26(38)34-17-22-5-2-3-15-33-22/h2-16,30H,17-19H2,1H3,(H,34,38)/t30-/m0/s1. The van der Waals surface area contributed by atoms with Crippen molar-refractivity contribution in [2.24, 2.45) is 0 Å². The molecule has 4 heterocycles. The molecule has 42 heavy (non-hydrogen) atoms. The maximum atomic E-state index is 13.8. The number of carbonyl (C=O) groups excluding carboxylic acids is 2. The Kier molecular flexibility index (Phi) is 8.27. The molecule has 0 aliphatic carbocycles. The van der Waals surface area contributed by atoms with Crippen molar-refractivity contribution in [3.8, 4) is 22.7 Å². The second kappa shape index (κ2) is 12.4. The number of nitrogens with one attached hydrogen (secondary N) is 1. The Morgan fingerprint density at radius 3 is 2.57 bits per heavy atom. The summed E-state index contributed by atoms with van der Waals surface area (Å²) in [5.74, 6) is 0.990. The monoisotopic (exact) mass is 615 g/mol. The summed E-state index contributed by atoms with van der Waals surface area (Å²) in [5, 5.41) is 10.5. The molecule has 212 valence electrons. The quantitative estimate of drug-likeness (QED) is 0.225. The van der Waals surface area contributed by atoms with Crippen LogP contribution in [0.1, 0.15) is 21.4 Å². The van der Waals surface area contributed by atoms with Gasteiger partial charge < -0.3 is 10.1 Å². The maximum Gasteiger partial charge on any atom is 0.240 e. The first-order chi connectivity index (χ1) is 20.5. The molecule has 3 aromatic heterocycles. The minimum Gasteiger partial charge on any atom is -0.497 e. The largest absolute Gasteiger partial charge is 0.497 e. The Labute approximate surface area is 256 Å². The molecule has 1 atom stereocenters. The highest BCUT2D eigenvalue weighted by Gasteiger charge is 2.38. The van der Waals surface area contributed by atoms with E-state index in [1.54, 1.807) is 34.2 Å². The third-order valence-corrected chi connectivity index (χ3v) is 9.39. The Bertz CT molecular complexity index is 1690. The summed E-state index contributed by atoms with van der Waals surface area (Å²) in [7, 11) is 1.61. The van der Waals surface area contributed by atoms with Crippen molar-refractivity contribution in [2.45, 2.75) is 11.8 Å². The number of benzene rings is 2. The number of rotatable bonds is 8. The van der Waals surface area contributed by atoms with E-state index in [4.69, 9.17) is 21.4 Å². The maximum absolute atomic E-state index is 13.8. The lowest BCUT2D eigenvalue weighted by molar-refractivity contribution is -0.123. The van der Waals surface area contributed by atoms with Crippen molar-refractivity contribution in [1.82, 2.24) is 20.1 Å². The second-order valence-corrected chi connectivity index (χ2v) is 12.0. The number of ether oxygens (including phenoxy) is 1. The van der Waals surface area contributed by atoms with Gasteiger partial charge in [-0.2, -0.15) is 5.10 Å². The predicted molar refractivity (Wildman–Crippen MR) is 168 cm³/mol. The van der Waals surface area contributed by atoms with Gasteiger partial charge in [-0.25, -0.2) is 4.68 Å². The van der Waals surface area contributed by atoms with Crippen LogP contribution in [0.25, 0.3) is 16.9 Å². The average molecular weight is 616 g/mol. The zero-order valence-corrected chi connectivity index (χ0v) is 25.0. The van der Waals surface area contributed by atoms with Crippen molar-refractivity contribution in [3.63, 3.8) is 0 Å². The summed E-state index contributed by atoms with van der Waals surface area (Å²) in [4.78, 5) is 34.1. The van der Waals surface area contributed by atoms with Gasteiger partial charge in [-0.1, -0.05) is 35.9 Å². The van der Waals surface area contributed by atoms with E-state index >= 15 is 0 Å². The molecule has 2 aromatic carbocycles. The molecule has 0 fully saturated rings. The van der Waals surface area contributed by atoms with Gasteiger partial charge in [0.25, 0.3) is 0 Å². The van der Waals surface area contributed by atoms with Crippen LogP contribution in [0, 0.1) is 0 Å². The number of thiophene rings is 1. The van der Waals surface area contributed by atoms with Crippen LogP contribution in [0.2, 0.25) is 5.02 Å². The number of nitrogens with zero attached hydrogens (tertiary/aromatic N) is 4. The summed E-state index contributed by atoms with van der Waals surface area (Å²) >= 11 is 9.41. The fourth-order valence-electron chi connectivity index (χ4n) is 4.80. The highest BCUT2D eigenvalue weighted by atomic mass is 35.5. The fourth-order valence-corrected chi connectivity index (χ4v) is 7.10. The lowest BCUT2D eigenvalue weighted by Crippen LogP contribution is -2.42. The highest BCUT2D eigenvalue weighted by molar-refractivity contribution is 8.00. The van der Waals surface area contributed by atoms with E-state index in [0.717, 1.165) is 33.1 Å². The van der Waals surface area contributed by atoms with Crippen LogP contribution in [-0.2, 0) is 16.1 Å². The molecule has 2 amide bonds. The molecular formula is C31H26ClN5O3S2. The number of hydrogen-bond donors (Lipinski definition) is 1. The van der Waals surface area contributed by atoms with Crippen molar-refractivity contribution in [1.29, 1.82) is 0 Å². The summed E-state index contributed by atoms with van der Waals surface area (Å²) in [5.41, 5.74) is 3.91. The number of hydrogen-bond acceptors (Lipinski definition) is 7. The van der Waals surface area contributed by atoms with Gasteiger partial charge in [0.1, 0.15) is 18.1 Å². The Morgan fingerprint density at radius 1 is 1.07 bits per heavy atom. The van der Waals surface area contributed by atoms with E-state index in [9.17, 15) is 9.59 Å². The van der Waals surface area contributed by atoms with Crippen LogP contribution in [0.15, 0.2) is 90.4 Å². The van der Waals surface area contributed by atoms with Crippen molar-refractivity contribution in [2.75, 3.05) is 24.3 Å². The molecule has 0 bridgehead atoms. The number of halogens is 1. The molecule has 0 spiro atoms. The van der Waals surface area contributed by atoms with Gasteiger partial charge in [0.15, 0.2) is 0 Å². The van der Waals surface area contributed by atoms with Crippen LogP contribution in [-0.4, -0.2) is 46.0 Å². The van der Waals surface area contributed by atoms with Gasteiger partial charge in [0.05, 0.1) is 41.7 Å². The molecule has 11 heteroatoms. The van der Waals surface area contributed by atoms with E-state index in [2.05, 4.69) is 16.4 Å². The van der Waals surface area contributed by atoms with Crippen LogP contribution in [0.5, 0.6) is 5.75 Å². The van der Waals surface area contributed by atoms with Crippen LogP contribution in [0.3, 0.4) is 0 Å². The number of thioether (sulfide) groups is 1. The number of amides is 2. The van der Waals surface area contributed by atoms with Crippen molar-refractivity contribution in [3.05, 3.63) is 112 Å². The lowest BCUT2D eigenvalue weighted by atomic mass is 10.0. The molecule has 5 aromatic rings. The first kappa shape index (κ1) is 28.0. The van der Waals surface area contributed by atoms with E-state index in [1.165, 1.54) is 11.8 Å². The summed E-state index contributed by atoms with van der Waals surface area (Å²) in [6.07, 6.45) is 1.68. The van der Waals surface area contributed by atoms with Gasteiger partial charge in [0, 0.05) is 27.2 Å². The van der Waals surface area contributed by atoms with E-state index in [-0.39, 0.29) is 35.9 Å². The van der Waals surface area contributed by atoms with Crippen LogP contribution < -0.4 is 15.0 Å². The Balaban J connectivity index is 1.50. The van der Waals surface area contributed by atoms with Gasteiger partial charge in [-0.3, -0.25) is 19.5 Å². The molecule has 0 radical (unpaired) electrons. The minimum atomic E-state index is -0.296. The average Bonchev–Trinajstić information content (AvgIpc) is 3.67. The zero-order chi connectivity index (χ0) is 29.1. The summed E-state index contributed by atoms with van der Waals surface area (Å²) in [6.45, 7) is 0.0905. The van der Waals surface area contributed by atoms with Gasteiger partial charge in [-0.05, 0) is 60.0 Å². The van der Waals surface area contributed by atoms with E-state index in [0.29, 0.717) is 16.6 Å². The Hall–Kier alpha value is -4.12. The van der Waals surface area contributed by atoms with E-state index in [1.807, 2.05) is 78.2 Å². The molecule has 8 nitrogen and oxygen atoms in total. The molecule has 0 saturated carbocycles. The zero-order valence-electron chi connectivity index (χ0n) is 22.6. The van der Waals surface area contributed by atoms with Gasteiger partial charge in [-0.15, -0.1) is 23.1 Å². The first-order valence-corrected chi connectivity index (χ1v) is 15.5. The van der Waals surface area contributed by atoms with Crippen molar-refractivity contribution >= 4 is 52.3 Å².